The van der Waals surface area contributed by atoms with Gasteiger partial charge in [-0.2, -0.15) is 0 Å². The second kappa shape index (κ2) is 6.73. The maximum Gasteiger partial charge on any atom is -0.00511 e. The predicted octanol–water partition coefficient (Wildman–Crippen LogP) is 5.80. The van der Waals surface area contributed by atoms with Crippen LogP contribution in [-0.2, 0) is 6.42 Å². The summed E-state index contributed by atoms with van der Waals surface area (Å²) in [5.74, 6) is 0. The molecule has 0 saturated heterocycles. The summed E-state index contributed by atoms with van der Waals surface area (Å²) >= 11 is 0. The second-order valence-corrected chi connectivity index (χ2v) is 13.5. The molecule has 0 amide bonds. The van der Waals surface area contributed by atoms with Crippen LogP contribution in [0.2, 0.25) is 0 Å². The lowest BCUT2D eigenvalue weighted by atomic mass is 10.1. The summed E-state index contributed by atoms with van der Waals surface area (Å²) in [6.07, 6.45) is 5.13. The molecule has 1 aromatic carbocycles. The van der Waals surface area contributed by atoms with E-state index in [-0.39, 0.29) is 7.30 Å². The maximum atomic E-state index is 3.09. The number of unbranched alkanes of at least 4 members (excludes halogenated alkanes) is 1. The van der Waals surface area contributed by atoms with Crippen molar-refractivity contribution >= 4 is 38.4 Å². The van der Waals surface area contributed by atoms with Crippen molar-refractivity contribution in [3.63, 3.8) is 0 Å². The van der Waals surface area contributed by atoms with Gasteiger partial charge in [-0.1, -0.05) is 51.1 Å². The highest BCUT2D eigenvalue weighted by Crippen LogP contribution is 2.75. The molecule has 17 heavy (non-hydrogen) atoms. The first-order chi connectivity index (χ1) is 8.27. The van der Waals surface area contributed by atoms with Gasteiger partial charge >= 0.3 is 0 Å². The lowest BCUT2D eigenvalue weighted by molar-refractivity contribution is 0.779. The number of fused-ring (bicyclic) bond motifs is 1. The standard InChI is InChI=1S/C13H20P4/c1-2-3-6-11-9-10-7-4-5-8-12(10)13(11)17(15)16-14/h4-5,7-8,16H,2-3,6,9,14-15H2,1H3. The van der Waals surface area contributed by atoms with E-state index in [2.05, 4.69) is 49.0 Å². The number of hydrogen-bond donors (Lipinski definition) is 0. The molecular weight excluding hydrogens is 280 g/mol. The molecule has 4 unspecified atom stereocenters. The molecule has 0 bridgehead atoms. The minimum atomic E-state index is -0.0349. The monoisotopic (exact) mass is 300 g/mol. The zero-order valence-electron chi connectivity index (χ0n) is 10.2. The molecule has 0 heterocycles. The first kappa shape index (κ1) is 14.1. The van der Waals surface area contributed by atoms with Crippen LogP contribution in [0.5, 0.6) is 0 Å². The molecule has 0 fully saturated rings. The van der Waals surface area contributed by atoms with Crippen LogP contribution in [0.3, 0.4) is 0 Å². The molecule has 0 saturated carbocycles. The lowest BCUT2D eigenvalue weighted by Crippen LogP contribution is -1.84. The fourth-order valence-electron chi connectivity index (χ4n) is 2.37. The van der Waals surface area contributed by atoms with Crippen molar-refractivity contribution < 1.29 is 0 Å². The molecule has 0 N–H and O–H groups in total. The molecule has 0 aliphatic heterocycles. The first-order valence-electron chi connectivity index (χ1n) is 6.09. The van der Waals surface area contributed by atoms with Crippen LogP contribution in [0, 0.1) is 0 Å². The zero-order chi connectivity index (χ0) is 12.3. The van der Waals surface area contributed by atoms with Gasteiger partial charge in [-0.25, -0.2) is 0 Å². The van der Waals surface area contributed by atoms with Gasteiger partial charge in [0.1, 0.15) is 0 Å². The Kier molecular flexibility index (Phi) is 5.58. The number of hydrogen-bond acceptors (Lipinski definition) is 0. The molecular formula is C13H20P4. The first-order valence-corrected chi connectivity index (χ1v) is 12.7. The molecule has 1 aliphatic rings. The van der Waals surface area contributed by atoms with E-state index in [0.717, 1.165) is 7.96 Å². The number of rotatable bonds is 5. The summed E-state index contributed by atoms with van der Waals surface area (Å²) in [7, 11) is 6.94. The van der Waals surface area contributed by atoms with Crippen LogP contribution in [0.1, 0.15) is 37.3 Å². The van der Waals surface area contributed by atoms with Crippen LogP contribution in [-0.4, -0.2) is 0 Å². The van der Waals surface area contributed by atoms with Crippen LogP contribution >= 0.6 is 33.1 Å². The zero-order valence-corrected chi connectivity index (χ0v) is 14.4. The van der Waals surface area contributed by atoms with Gasteiger partial charge in [-0.3, -0.25) is 0 Å². The van der Waals surface area contributed by atoms with Gasteiger partial charge in [0.2, 0.25) is 0 Å². The van der Waals surface area contributed by atoms with Crippen molar-refractivity contribution in [2.75, 3.05) is 0 Å². The molecule has 0 spiro atoms. The quantitative estimate of drug-likeness (QED) is 0.603. The topological polar surface area (TPSA) is 0 Å². The van der Waals surface area contributed by atoms with E-state index < -0.39 is 0 Å². The van der Waals surface area contributed by atoms with Gasteiger partial charge < -0.3 is 0 Å². The van der Waals surface area contributed by atoms with Gasteiger partial charge in [-0.05, 0) is 43.0 Å². The molecule has 4 atom stereocenters. The molecule has 92 valence electrons. The molecule has 4 heteroatoms. The van der Waals surface area contributed by atoms with Gasteiger partial charge in [0, 0.05) is 0 Å². The molecule has 0 nitrogen and oxygen atoms in total. The second-order valence-electron chi connectivity index (χ2n) is 4.39. The summed E-state index contributed by atoms with van der Waals surface area (Å²) in [6.45, 7) is 2.28. The molecule has 1 aliphatic carbocycles. The Labute approximate surface area is 112 Å². The minimum Gasteiger partial charge on any atom is -0.109 e. The van der Waals surface area contributed by atoms with Crippen molar-refractivity contribution in [2.24, 2.45) is 0 Å². The number of benzene rings is 1. The van der Waals surface area contributed by atoms with E-state index in [1.807, 2.05) is 0 Å². The number of allylic oxidation sites excluding steroid dienone is 1. The van der Waals surface area contributed by atoms with E-state index in [1.165, 1.54) is 31.2 Å². The summed E-state index contributed by atoms with van der Waals surface area (Å²) in [6, 6.07) is 8.97. The van der Waals surface area contributed by atoms with Crippen LogP contribution < -0.4 is 0 Å². The van der Waals surface area contributed by atoms with Gasteiger partial charge in [-0.15, -0.1) is 17.9 Å². The Balaban J connectivity index is 2.33. The molecule has 0 aromatic heterocycles. The van der Waals surface area contributed by atoms with Crippen molar-refractivity contribution in [3.05, 3.63) is 41.0 Å². The van der Waals surface area contributed by atoms with Crippen molar-refractivity contribution in [3.8, 4) is 0 Å². The van der Waals surface area contributed by atoms with Crippen LogP contribution in [0.25, 0.3) is 5.31 Å². The Bertz CT molecular complexity index is 425. The average molecular weight is 300 g/mol. The fourth-order valence-corrected chi connectivity index (χ4v) is 6.86. The third-order valence-corrected chi connectivity index (χ3v) is 13.3. The summed E-state index contributed by atoms with van der Waals surface area (Å²) in [4.78, 5) is 0. The molecule has 1 aromatic rings. The van der Waals surface area contributed by atoms with E-state index in [0.29, 0.717) is 0 Å². The molecule has 0 radical (unpaired) electrons. The minimum absolute atomic E-state index is 0.0349. The average Bonchev–Trinajstić information content (AvgIpc) is 2.73. The van der Waals surface area contributed by atoms with Crippen molar-refractivity contribution in [1.29, 1.82) is 0 Å². The Morgan fingerprint density at radius 3 is 2.82 bits per heavy atom. The third-order valence-electron chi connectivity index (χ3n) is 3.22. The van der Waals surface area contributed by atoms with Crippen LogP contribution in [0.15, 0.2) is 29.8 Å². The highest BCUT2D eigenvalue weighted by Gasteiger charge is 2.23. The summed E-state index contributed by atoms with van der Waals surface area (Å²) < 4.78 is 0. The van der Waals surface area contributed by atoms with E-state index in [9.17, 15) is 0 Å². The normalized spacial score (nSPS) is 16.9. The Morgan fingerprint density at radius 2 is 2.12 bits per heavy atom. The lowest BCUT2D eigenvalue weighted by Gasteiger charge is -2.15. The summed E-state index contributed by atoms with van der Waals surface area (Å²) in [5.41, 5.74) is 4.80. The van der Waals surface area contributed by atoms with Gasteiger partial charge in [0.05, 0.1) is 0 Å². The van der Waals surface area contributed by atoms with Crippen molar-refractivity contribution in [1.82, 2.24) is 0 Å². The SMILES string of the molecule is CCCCC1=C(P(P)PP)c2ccccc2C1. The predicted molar refractivity (Wildman–Crippen MR) is 91.2 cm³/mol. The Hall–Kier alpha value is 0.680. The Morgan fingerprint density at radius 1 is 1.35 bits per heavy atom. The maximum absolute atomic E-state index is 3.09. The highest BCUT2D eigenvalue weighted by atomic mass is 32.6. The van der Waals surface area contributed by atoms with Gasteiger partial charge in [0.15, 0.2) is 0 Å². The van der Waals surface area contributed by atoms with E-state index in [1.54, 1.807) is 16.5 Å². The van der Waals surface area contributed by atoms with E-state index >= 15 is 0 Å². The van der Waals surface area contributed by atoms with Crippen LogP contribution in [0.4, 0.5) is 0 Å². The van der Waals surface area contributed by atoms with Crippen molar-refractivity contribution in [2.45, 2.75) is 32.6 Å². The smallest absolute Gasteiger partial charge is 0.00511 e. The third kappa shape index (κ3) is 3.17. The fraction of sp³-hybridized carbons (Fsp3) is 0.385. The summed E-state index contributed by atoms with van der Waals surface area (Å²) in [5, 5.41) is 1.68. The highest BCUT2D eigenvalue weighted by molar-refractivity contribution is 8.64. The van der Waals surface area contributed by atoms with Gasteiger partial charge in [0.25, 0.3) is 0 Å². The largest absolute Gasteiger partial charge is 0.109 e. The van der Waals surface area contributed by atoms with E-state index in [4.69, 9.17) is 0 Å². The molecule has 2 rings (SSSR count).